The Labute approximate surface area is 267 Å². The number of anilines is 1. The van der Waals surface area contributed by atoms with Gasteiger partial charge in [0.15, 0.2) is 0 Å². The van der Waals surface area contributed by atoms with Crippen molar-refractivity contribution >= 4 is 38.8 Å². The molecule has 7 nitrogen and oxygen atoms in total. The fraction of sp³-hybridized carbons (Fsp3) is 0.788. The molecule has 2 aromatic heterocycles. The van der Waals surface area contributed by atoms with Gasteiger partial charge in [0.25, 0.3) is 0 Å². The summed E-state index contributed by atoms with van der Waals surface area (Å²) in [5.74, 6) is -0.472. The number of pyridine rings is 1. The van der Waals surface area contributed by atoms with Gasteiger partial charge in [-0.2, -0.15) is 0 Å². The number of hydrogen-bond donors (Lipinski definition) is 0. The van der Waals surface area contributed by atoms with Crippen molar-refractivity contribution in [3.8, 4) is 6.01 Å². The van der Waals surface area contributed by atoms with Crippen LogP contribution in [0.1, 0.15) is 81.3 Å². The van der Waals surface area contributed by atoms with Crippen LogP contribution in [0.2, 0.25) is 13.3 Å². The van der Waals surface area contributed by atoms with E-state index in [9.17, 15) is 4.39 Å². The summed E-state index contributed by atoms with van der Waals surface area (Å²) in [4.78, 5) is 17.8. The van der Waals surface area contributed by atoms with Crippen LogP contribution in [0.25, 0.3) is 10.9 Å². The Kier molecular flexibility index (Phi) is 9.37. The maximum absolute atomic E-state index is 17.2. The fourth-order valence-electron chi connectivity index (χ4n) is 8.02. The number of ether oxygens (including phenoxy) is 2. The van der Waals surface area contributed by atoms with E-state index in [0.29, 0.717) is 47.6 Å². The van der Waals surface area contributed by atoms with Crippen molar-refractivity contribution in [2.75, 3.05) is 44.3 Å². The number of aromatic nitrogens is 3. The number of halogens is 3. The Hall–Kier alpha value is -1.40. The van der Waals surface area contributed by atoms with Crippen LogP contribution < -0.4 is 13.3 Å². The number of nitrogens with zero attached hydrogens (tertiary/aromatic N) is 5. The molecule has 11 heteroatoms. The zero-order chi connectivity index (χ0) is 32.7. The normalized spacial score (nSPS) is 29.7. The maximum atomic E-state index is 17.2. The second-order valence-electron chi connectivity index (χ2n) is 13.6. The summed E-state index contributed by atoms with van der Waals surface area (Å²) in [6.45, 7) is 5.95. The van der Waals surface area contributed by atoms with E-state index in [-0.39, 0.29) is 30.4 Å². The van der Waals surface area contributed by atoms with Gasteiger partial charge in [-0.1, -0.05) is 0 Å². The van der Waals surface area contributed by atoms with Crippen molar-refractivity contribution in [1.29, 1.82) is 0 Å². The van der Waals surface area contributed by atoms with Gasteiger partial charge in [0.2, 0.25) is 0 Å². The van der Waals surface area contributed by atoms with Crippen molar-refractivity contribution < 1.29 is 25.4 Å². The number of unbranched alkanes of at least 4 members (excludes halogenated alkanes) is 3. The predicted molar refractivity (Wildman–Crippen MR) is 171 cm³/mol. The van der Waals surface area contributed by atoms with Gasteiger partial charge in [-0.3, -0.25) is 0 Å². The van der Waals surface area contributed by atoms with Gasteiger partial charge in [0.1, 0.15) is 0 Å². The monoisotopic (exact) mass is 727 g/mol. The second-order valence-corrected chi connectivity index (χ2v) is 26.5. The van der Waals surface area contributed by atoms with Gasteiger partial charge < -0.3 is 0 Å². The first-order chi connectivity index (χ1) is 22.1. The standard InChI is InChI=1S/C21H23F3N5O2.3C4H9.Sn/c22-12-6-21(2-1-3-28(21)9-12)11-31-20-26-17-13(7-25-8-15(17)23)19(27-20)29-4-5-30-10-14-16(24)18(14)29;3*1-3-4-2;/h7,12,14,16,18H,1-6,9-11H2;3*1,3-4H2,2H3;/t12-,14+,16+,18+,21+;;;;/m1..../s1/i11D2;;;;. The molecule has 1 saturated carbocycles. The molecule has 3 saturated heterocycles. The van der Waals surface area contributed by atoms with E-state index in [0.717, 1.165) is 58.3 Å². The molecule has 1 aliphatic carbocycles. The SMILES string of the molecule is [2H]C([2H])(Oc1nc(N2CCOC[C@H]3[C@H](F)[C@H]32)c2cn[c]([Sn]([CH2]CCC)([CH2]CCC)[CH2]CCC)c(F)c2n1)[C@@]12CCCN1C[C@H](F)C2. The molecule has 4 aliphatic rings. The van der Waals surface area contributed by atoms with Gasteiger partial charge >= 0.3 is 268 Å². The summed E-state index contributed by atoms with van der Waals surface area (Å²) in [5, 5.41) is 0.376. The zero-order valence-electron chi connectivity index (χ0n) is 28.6. The summed E-state index contributed by atoms with van der Waals surface area (Å²) in [5.41, 5.74) is -1.10. The van der Waals surface area contributed by atoms with Gasteiger partial charge in [0.05, 0.1) is 0 Å². The molecule has 3 aliphatic heterocycles. The molecule has 0 amide bonds. The number of rotatable bonds is 14. The van der Waals surface area contributed by atoms with E-state index in [4.69, 9.17) is 17.2 Å². The molecule has 5 heterocycles. The second kappa shape index (κ2) is 13.8. The molecule has 6 rings (SSSR count). The van der Waals surface area contributed by atoms with Crippen LogP contribution >= 0.6 is 0 Å². The molecule has 0 aromatic carbocycles. The van der Waals surface area contributed by atoms with Crippen LogP contribution in [0.4, 0.5) is 19.0 Å². The van der Waals surface area contributed by atoms with E-state index < -0.39 is 54.7 Å². The van der Waals surface area contributed by atoms with Crippen LogP contribution in [-0.2, 0) is 4.74 Å². The summed E-state index contributed by atoms with van der Waals surface area (Å²) in [6.07, 6.45) is 6.83. The van der Waals surface area contributed by atoms with Gasteiger partial charge in [-0.25, -0.2) is 0 Å². The van der Waals surface area contributed by atoms with Crippen LogP contribution in [0.5, 0.6) is 6.01 Å². The molecule has 4 fully saturated rings. The summed E-state index contributed by atoms with van der Waals surface area (Å²) >= 11 is -3.38. The molecule has 44 heavy (non-hydrogen) atoms. The Morgan fingerprint density at radius 3 is 2.52 bits per heavy atom. The average molecular weight is 727 g/mol. The van der Waals surface area contributed by atoms with Crippen LogP contribution in [0, 0.1) is 11.7 Å². The third kappa shape index (κ3) is 6.17. The number of alkyl halides is 2. The first kappa shape index (κ1) is 30.0. The van der Waals surface area contributed by atoms with E-state index in [1.807, 2.05) is 9.80 Å². The first-order valence-electron chi connectivity index (χ1n) is 18.0. The Balaban J connectivity index is 1.49. The molecular formula is C33H50F3N5O2Sn. The summed E-state index contributed by atoms with van der Waals surface area (Å²) < 4.78 is 80.5. The molecule has 0 N–H and O–H groups in total. The van der Waals surface area contributed by atoms with E-state index in [1.165, 1.54) is 0 Å². The van der Waals surface area contributed by atoms with E-state index in [2.05, 4.69) is 30.7 Å². The summed E-state index contributed by atoms with van der Waals surface area (Å²) in [7, 11) is 0. The molecule has 0 radical (unpaired) electrons. The zero-order valence-corrected chi connectivity index (χ0v) is 29.4. The third-order valence-electron chi connectivity index (χ3n) is 10.6. The molecule has 244 valence electrons. The Morgan fingerprint density at radius 2 is 1.82 bits per heavy atom. The molecular weight excluding hydrogens is 674 g/mol. The van der Waals surface area contributed by atoms with Crippen LogP contribution in [0.15, 0.2) is 6.20 Å². The van der Waals surface area contributed by atoms with Crippen molar-refractivity contribution in [2.24, 2.45) is 5.92 Å². The predicted octanol–water partition coefficient (Wildman–Crippen LogP) is 6.35. The average Bonchev–Trinajstić information content (AvgIpc) is 3.39. The van der Waals surface area contributed by atoms with Crippen molar-refractivity contribution in [1.82, 2.24) is 19.9 Å². The summed E-state index contributed by atoms with van der Waals surface area (Å²) in [6, 6.07) is -0.780. The topological polar surface area (TPSA) is 63.6 Å². The van der Waals surface area contributed by atoms with E-state index in [1.54, 1.807) is 6.20 Å². The number of fused-ring (bicyclic) bond motifs is 3. The van der Waals surface area contributed by atoms with Gasteiger partial charge in [-0.15, -0.1) is 0 Å². The van der Waals surface area contributed by atoms with E-state index >= 15 is 8.78 Å². The fourth-order valence-corrected chi connectivity index (χ4v) is 23.6. The Bertz CT molecular complexity index is 1370. The first-order valence-corrected chi connectivity index (χ1v) is 24.5. The minimum absolute atomic E-state index is 0.0168. The minimum atomic E-state index is -3.38. The van der Waals surface area contributed by atoms with Gasteiger partial charge in [0, 0.05) is 0 Å². The van der Waals surface area contributed by atoms with Gasteiger partial charge in [-0.05, 0) is 0 Å². The van der Waals surface area contributed by atoms with Crippen LogP contribution in [0.3, 0.4) is 0 Å². The number of hydrogen-bond acceptors (Lipinski definition) is 7. The molecule has 2 aromatic rings. The molecule has 0 bridgehead atoms. The molecule has 0 spiro atoms. The van der Waals surface area contributed by atoms with Crippen molar-refractivity contribution in [3.63, 3.8) is 0 Å². The molecule has 5 atom stereocenters. The van der Waals surface area contributed by atoms with Crippen LogP contribution in [-0.4, -0.2) is 102 Å². The Morgan fingerprint density at radius 1 is 1.09 bits per heavy atom. The third-order valence-corrected chi connectivity index (χ3v) is 25.6. The van der Waals surface area contributed by atoms with Crippen molar-refractivity contribution in [3.05, 3.63) is 12.0 Å². The molecule has 0 unspecified atom stereocenters. The quantitative estimate of drug-likeness (QED) is 0.211. The van der Waals surface area contributed by atoms with Crippen molar-refractivity contribution in [2.45, 2.75) is 116 Å².